The highest BCUT2D eigenvalue weighted by Crippen LogP contribution is 2.20. The molecule has 3 aromatic rings. The van der Waals surface area contributed by atoms with Gasteiger partial charge in [0, 0.05) is 21.1 Å². The van der Waals surface area contributed by atoms with E-state index in [-0.39, 0.29) is 6.04 Å². The van der Waals surface area contributed by atoms with Crippen molar-refractivity contribution in [1.82, 2.24) is 10.4 Å². The van der Waals surface area contributed by atoms with Gasteiger partial charge in [0.2, 0.25) is 0 Å². The highest BCUT2D eigenvalue weighted by atomic mass is 127. The smallest absolute Gasteiger partial charge is 0.0705 e. The van der Waals surface area contributed by atoms with E-state index in [1.54, 1.807) is 0 Å². The van der Waals surface area contributed by atoms with Gasteiger partial charge in [-0.05, 0) is 52.4 Å². The van der Waals surface area contributed by atoms with Gasteiger partial charge >= 0.3 is 0 Å². The number of para-hydroxylation sites is 1. The summed E-state index contributed by atoms with van der Waals surface area (Å²) < 4.78 is 1.22. The molecule has 1 heterocycles. The van der Waals surface area contributed by atoms with Crippen LogP contribution in [-0.4, -0.2) is 4.98 Å². The van der Waals surface area contributed by atoms with E-state index in [4.69, 9.17) is 10.8 Å². The molecule has 0 saturated heterocycles. The number of rotatable bonds is 4. The predicted octanol–water partition coefficient (Wildman–Crippen LogP) is 3.59. The third-order valence-corrected chi connectivity index (χ3v) is 4.26. The van der Waals surface area contributed by atoms with Crippen molar-refractivity contribution < 1.29 is 0 Å². The molecule has 0 aliphatic heterocycles. The third kappa shape index (κ3) is 3.40. The third-order valence-electron chi connectivity index (χ3n) is 3.54. The molecule has 106 valence electrons. The van der Waals surface area contributed by atoms with Gasteiger partial charge < -0.3 is 0 Å². The summed E-state index contributed by atoms with van der Waals surface area (Å²) in [5.41, 5.74) is 6.12. The number of fused-ring (bicyclic) bond motifs is 1. The van der Waals surface area contributed by atoms with Crippen molar-refractivity contribution in [3.05, 3.63) is 75.5 Å². The Morgan fingerprint density at radius 3 is 2.52 bits per heavy atom. The molecule has 3 N–H and O–H groups in total. The molecule has 1 unspecified atom stereocenters. The summed E-state index contributed by atoms with van der Waals surface area (Å²) >= 11 is 2.30. The van der Waals surface area contributed by atoms with E-state index < -0.39 is 0 Å². The summed E-state index contributed by atoms with van der Waals surface area (Å²) in [6, 6.07) is 20.8. The number of halogens is 1. The Morgan fingerprint density at radius 1 is 1.00 bits per heavy atom. The molecule has 0 fully saturated rings. The molecule has 2 aromatic carbocycles. The van der Waals surface area contributed by atoms with Crippen LogP contribution in [0.5, 0.6) is 0 Å². The van der Waals surface area contributed by atoms with Crippen LogP contribution in [0.2, 0.25) is 0 Å². The van der Waals surface area contributed by atoms with Crippen molar-refractivity contribution in [3.8, 4) is 0 Å². The second kappa shape index (κ2) is 6.51. The summed E-state index contributed by atoms with van der Waals surface area (Å²) in [5.74, 6) is 5.72. The zero-order valence-electron chi connectivity index (χ0n) is 11.5. The number of nitrogens with one attached hydrogen (secondary N) is 1. The lowest BCUT2D eigenvalue weighted by molar-refractivity contribution is 0.546. The first-order valence-corrected chi connectivity index (χ1v) is 7.90. The largest absolute Gasteiger partial charge is 0.271 e. The number of nitrogens with two attached hydrogens (primary N) is 1. The zero-order chi connectivity index (χ0) is 14.7. The number of benzene rings is 2. The molecular formula is C17H16IN3. The molecule has 0 aliphatic carbocycles. The summed E-state index contributed by atoms with van der Waals surface area (Å²) in [6.45, 7) is 0. The van der Waals surface area contributed by atoms with Gasteiger partial charge in [0.05, 0.1) is 11.6 Å². The maximum absolute atomic E-state index is 5.72. The van der Waals surface area contributed by atoms with Crippen molar-refractivity contribution in [2.75, 3.05) is 0 Å². The fourth-order valence-corrected chi connectivity index (χ4v) is 2.76. The molecule has 3 rings (SSSR count). The lowest BCUT2D eigenvalue weighted by Gasteiger charge is -2.16. The van der Waals surface area contributed by atoms with E-state index in [2.05, 4.69) is 70.5 Å². The summed E-state index contributed by atoms with van der Waals surface area (Å²) in [4.78, 5) is 4.71. The van der Waals surface area contributed by atoms with Crippen LogP contribution in [0.15, 0.2) is 60.7 Å². The van der Waals surface area contributed by atoms with E-state index in [9.17, 15) is 0 Å². The van der Waals surface area contributed by atoms with Gasteiger partial charge in [-0.3, -0.25) is 16.3 Å². The summed E-state index contributed by atoms with van der Waals surface area (Å²) in [5, 5.41) is 1.16. The van der Waals surface area contributed by atoms with Gasteiger partial charge in [0.25, 0.3) is 0 Å². The van der Waals surface area contributed by atoms with Crippen molar-refractivity contribution in [2.45, 2.75) is 12.5 Å². The van der Waals surface area contributed by atoms with Gasteiger partial charge in [0.1, 0.15) is 0 Å². The van der Waals surface area contributed by atoms with Crippen LogP contribution in [0.4, 0.5) is 0 Å². The minimum absolute atomic E-state index is 0.0654. The lowest BCUT2D eigenvalue weighted by atomic mass is 10.0. The Morgan fingerprint density at radius 2 is 1.76 bits per heavy atom. The molecular weight excluding hydrogens is 373 g/mol. The second-order valence-electron chi connectivity index (χ2n) is 4.97. The standard InChI is InChI=1S/C17H16IN3/c18-14-8-5-13(6-9-14)17(21-19)11-15-10-7-12-3-1-2-4-16(12)20-15/h1-10,17,21H,11,19H2. The van der Waals surface area contributed by atoms with Crippen LogP contribution in [0.1, 0.15) is 17.3 Å². The Hall–Kier alpha value is -1.50. The minimum Gasteiger partial charge on any atom is -0.271 e. The topological polar surface area (TPSA) is 50.9 Å². The minimum atomic E-state index is 0.0654. The maximum atomic E-state index is 5.72. The van der Waals surface area contributed by atoms with Gasteiger partial charge in [0.15, 0.2) is 0 Å². The molecule has 0 aliphatic rings. The molecule has 0 amide bonds. The lowest BCUT2D eigenvalue weighted by Crippen LogP contribution is -2.29. The molecule has 1 aromatic heterocycles. The molecule has 0 spiro atoms. The van der Waals surface area contributed by atoms with Gasteiger partial charge in [-0.25, -0.2) is 0 Å². The number of aromatic nitrogens is 1. The first kappa shape index (κ1) is 14.4. The van der Waals surface area contributed by atoms with Gasteiger partial charge in [-0.2, -0.15) is 0 Å². The Kier molecular flexibility index (Phi) is 4.48. The Balaban J connectivity index is 1.86. The Labute approximate surface area is 137 Å². The SMILES string of the molecule is NNC(Cc1ccc2ccccc2n1)c1ccc(I)cc1. The first-order chi connectivity index (χ1) is 10.3. The normalized spacial score (nSPS) is 12.5. The van der Waals surface area contributed by atoms with E-state index in [0.29, 0.717) is 0 Å². The van der Waals surface area contributed by atoms with Crippen LogP contribution < -0.4 is 11.3 Å². The van der Waals surface area contributed by atoms with Crippen LogP contribution >= 0.6 is 22.6 Å². The van der Waals surface area contributed by atoms with Crippen molar-refractivity contribution >= 4 is 33.5 Å². The number of hydrogen-bond donors (Lipinski definition) is 2. The zero-order valence-corrected chi connectivity index (χ0v) is 13.6. The van der Waals surface area contributed by atoms with E-state index in [1.807, 2.05) is 18.2 Å². The summed E-state index contributed by atoms with van der Waals surface area (Å²) in [7, 11) is 0. The van der Waals surface area contributed by atoms with Gasteiger partial charge in [-0.1, -0.05) is 36.4 Å². The van der Waals surface area contributed by atoms with Crippen molar-refractivity contribution in [2.24, 2.45) is 5.84 Å². The van der Waals surface area contributed by atoms with Crippen molar-refractivity contribution in [3.63, 3.8) is 0 Å². The van der Waals surface area contributed by atoms with Crippen LogP contribution in [0.3, 0.4) is 0 Å². The van der Waals surface area contributed by atoms with E-state index in [1.165, 1.54) is 9.13 Å². The maximum Gasteiger partial charge on any atom is 0.0705 e. The predicted molar refractivity (Wildman–Crippen MR) is 94.7 cm³/mol. The molecule has 0 saturated carbocycles. The van der Waals surface area contributed by atoms with Crippen LogP contribution in [0.25, 0.3) is 10.9 Å². The quantitative estimate of drug-likeness (QED) is 0.408. The highest BCUT2D eigenvalue weighted by Gasteiger charge is 2.11. The van der Waals surface area contributed by atoms with Crippen molar-refractivity contribution in [1.29, 1.82) is 0 Å². The fourth-order valence-electron chi connectivity index (χ4n) is 2.40. The molecule has 4 heteroatoms. The molecule has 0 bridgehead atoms. The molecule has 21 heavy (non-hydrogen) atoms. The second-order valence-corrected chi connectivity index (χ2v) is 6.22. The Bertz CT molecular complexity index is 740. The average molecular weight is 389 g/mol. The molecule has 0 radical (unpaired) electrons. The number of pyridine rings is 1. The van der Waals surface area contributed by atoms with Gasteiger partial charge in [-0.15, -0.1) is 0 Å². The van der Waals surface area contributed by atoms with Crippen LogP contribution in [0, 0.1) is 3.57 Å². The number of hydrazine groups is 1. The highest BCUT2D eigenvalue weighted by molar-refractivity contribution is 14.1. The summed E-state index contributed by atoms with van der Waals surface area (Å²) in [6.07, 6.45) is 0.766. The first-order valence-electron chi connectivity index (χ1n) is 6.82. The number of nitrogens with zero attached hydrogens (tertiary/aromatic N) is 1. The average Bonchev–Trinajstić information content (AvgIpc) is 2.53. The fraction of sp³-hybridized carbons (Fsp3) is 0.118. The van der Waals surface area contributed by atoms with E-state index >= 15 is 0 Å². The molecule has 1 atom stereocenters. The molecule has 3 nitrogen and oxygen atoms in total. The number of hydrogen-bond acceptors (Lipinski definition) is 3. The van der Waals surface area contributed by atoms with E-state index in [0.717, 1.165) is 23.0 Å². The monoisotopic (exact) mass is 389 g/mol. The van der Waals surface area contributed by atoms with Crippen LogP contribution in [-0.2, 0) is 6.42 Å².